The summed E-state index contributed by atoms with van der Waals surface area (Å²) in [6.45, 7) is 9.85. The fraction of sp³-hybridized carbons (Fsp3) is 0.917. The van der Waals surface area contributed by atoms with E-state index >= 15 is 0 Å². The molecule has 0 aromatic heterocycles. The maximum absolute atomic E-state index is 11.5. The zero-order valence-corrected chi connectivity index (χ0v) is 11.1. The highest BCUT2D eigenvalue weighted by Gasteiger charge is 2.23. The molecule has 0 aromatic carbocycles. The minimum Gasteiger partial charge on any atom is -0.459 e. The van der Waals surface area contributed by atoms with Crippen molar-refractivity contribution in [3.63, 3.8) is 0 Å². The lowest BCUT2D eigenvalue weighted by Crippen LogP contribution is -2.46. The first-order valence-corrected chi connectivity index (χ1v) is 5.80. The summed E-state index contributed by atoms with van der Waals surface area (Å²) < 4.78 is 5.19. The van der Waals surface area contributed by atoms with Crippen LogP contribution in [0.4, 0.5) is 0 Å². The SMILES string of the molecule is CCC(C)(CCO)NCC(=O)OC(C)(C)C. The predicted octanol–water partition coefficient (Wildman–Crippen LogP) is 1.47. The molecule has 0 aliphatic carbocycles. The van der Waals surface area contributed by atoms with Crippen LogP contribution in [0.15, 0.2) is 0 Å². The van der Waals surface area contributed by atoms with E-state index in [1.54, 1.807) is 0 Å². The second kappa shape index (κ2) is 6.21. The number of aliphatic hydroxyl groups excluding tert-OH is 1. The molecule has 0 rings (SSSR count). The van der Waals surface area contributed by atoms with Crippen LogP contribution in [0.2, 0.25) is 0 Å². The number of hydrogen-bond donors (Lipinski definition) is 2. The highest BCUT2D eigenvalue weighted by Crippen LogP contribution is 2.13. The Labute approximate surface area is 98.4 Å². The number of nitrogens with one attached hydrogen (secondary N) is 1. The first-order chi connectivity index (χ1) is 7.22. The van der Waals surface area contributed by atoms with Gasteiger partial charge in [0, 0.05) is 12.1 Å². The van der Waals surface area contributed by atoms with Gasteiger partial charge in [-0.15, -0.1) is 0 Å². The molecule has 0 aromatic rings. The van der Waals surface area contributed by atoms with Gasteiger partial charge < -0.3 is 15.2 Å². The van der Waals surface area contributed by atoms with Crippen LogP contribution in [0.5, 0.6) is 0 Å². The molecule has 0 saturated heterocycles. The largest absolute Gasteiger partial charge is 0.459 e. The Balaban J connectivity index is 4.07. The number of carbonyl (C=O) groups is 1. The fourth-order valence-electron chi connectivity index (χ4n) is 1.30. The van der Waals surface area contributed by atoms with Gasteiger partial charge in [-0.05, 0) is 40.5 Å². The lowest BCUT2D eigenvalue weighted by molar-refractivity contribution is -0.154. The van der Waals surface area contributed by atoms with Crippen LogP contribution in [0.25, 0.3) is 0 Å². The van der Waals surface area contributed by atoms with Crippen LogP contribution in [0.3, 0.4) is 0 Å². The Bertz CT molecular complexity index is 223. The van der Waals surface area contributed by atoms with Gasteiger partial charge in [0.15, 0.2) is 0 Å². The molecule has 4 nitrogen and oxygen atoms in total. The van der Waals surface area contributed by atoms with E-state index in [0.717, 1.165) is 6.42 Å². The average Bonchev–Trinajstić information content (AvgIpc) is 2.13. The third-order valence-corrected chi connectivity index (χ3v) is 2.52. The molecule has 0 spiro atoms. The summed E-state index contributed by atoms with van der Waals surface area (Å²) in [6, 6.07) is 0. The summed E-state index contributed by atoms with van der Waals surface area (Å²) in [5, 5.41) is 12.1. The number of rotatable bonds is 6. The third-order valence-electron chi connectivity index (χ3n) is 2.52. The van der Waals surface area contributed by atoms with Crippen LogP contribution >= 0.6 is 0 Å². The zero-order chi connectivity index (χ0) is 12.8. The maximum Gasteiger partial charge on any atom is 0.320 e. The first kappa shape index (κ1) is 15.4. The third kappa shape index (κ3) is 6.80. The molecule has 0 aliphatic rings. The van der Waals surface area contributed by atoms with Crippen molar-refractivity contribution in [2.45, 2.75) is 58.6 Å². The summed E-state index contributed by atoms with van der Waals surface area (Å²) >= 11 is 0. The smallest absolute Gasteiger partial charge is 0.320 e. The topological polar surface area (TPSA) is 58.6 Å². The Morgan fingerprint density at radius 2 is 1.88 bits per heavy atom. The Kier molecular flexibility index (Phi) is 5.97. The van der Waals surface area contributed by atoms with E-state index in [-0.39, 0.29) is 24.7 Å². The van der Waals surface area contributed by atoms with E-state index in [0.29, 0.717) is 6.42 Å². The lowest BCUT2D eigenvalue weighted by Gasteiger charge is -2.29. The highest BCUT2D eigenvalue weighted by molar-refractivity contribution is 5.72. The standard InChI is InChI=1S/C12H25NO3/c1-6-12(5,7-8-14)13-9-10(15)16-11(2,3)4/h13-14H,6-9H2,1-5H3. The molecule has 0 heterocycles. The van der Waals surface area contributed by atoms with E-state index in [2.05, 4.69) is 5.32 Å². The second-order valence-corrected chi connectivity index (χ2v) is 5.33. The van der Waals surface area contributed by atoms with Gasteiger partial charge in [0.2, 0.25) is 0 Å². The maximum atomic E-state index is 11.5. The van der Waals surface area contributed by atoms with Gasteiger partial charge in [0.05, 0.1) is 6.54 Å². The molecule has 0 amide bonds. The van der Waals surface area contributed by atoms with Crippen molar-refractivity contribution in [3.8, 4) is 0 Å². The fourth-order valence-corrected chi connectivity index (χ4v) is 1.30. The zero-order valence-electron chi connectivity index (χ0n) is 11.1. The molecule has 0 fully saturated rings. The minimum atomic E-state index is -0.446. The van der Waals surface area contributed by atoms with Crippen molar-refractivity contribution in [2.75, 3.05) is 13.2 Å². The summed E-state index contributed by atoms with van der Waals surface area (Å²) in [5.41, 5.74) is -0.649. The molecule has 0 aliphatic heterocycles. The molecule has 1 unspecified atom stereocenters. The lowest BCUT2D eigenvalue weighted by atomic mass is 9.95. The van der Waals surface area contributed by atoms with Gasteiger partial charge >= 0.3 is 5.97 Å². The Hall–Kier alpha value is -0.610. The van der Waals surface area contributed by atoms with Crippen LogP contribution < -0.4 is 5.32 Å². The van der Waals surface area contributed by atoms with Crippen LogP contribution in [0.1, 0.15) is 47.5 Å². The summed E-state index contributed by atoms with van der Waals surface area (Å²) in [6.07, 6.45) is 1.49. The number of aliphatic hydroxyl groups is 1. The number of ether oxygens (including phenoxy) is 1. The van der Waals surface area contributed by atoms with Crippen molar-refractivity contribution in [3.05, 3.63) is 0 Å². The van der Waals surface area contributed by atoms with E-state index in [9.17, 15) is 4.79 Å². The normalized spacial score (nSPS) is 15.6. The predicted molar refractivity (Wildman–Crippen MR) is 64.2 cm³/mol. The molecule has 2 N–H and O–H groups in total. The quantitative estimate of drug-likeness (QED) is 0.680. The minimum absolute atomic E-state index is 0.117. The molecule has 16 heavy (non-hydrogen) atoms. The number of esters is 1. The van der Waals surface area contributed by atoms with Crippen molar-refractivity contribution in [1.29, 1.82) is 0 Å². The van der Waals surface area contributed by atoms with Crippen molar-refractivity contribution < 1.29 is 14.6 Å². The van der Waals surface area contributed by atoms with E-state index in [4.69, 9.17) is 9.84 Å². The summed E-state index contributed by atoms with van der Waals surface area (Å²) in [4.78, 5) is 11.5. The molecule has 0 bridgehead atoms. The van der Waals surface area contributed by atoms with E-state index in [1.165, 1.54) is 0 Å². The number of hydrogen-bond acceptors (Lipinski definition) is 4. The molecule has 96 valence electrons. The number of carbonyl (C=O) groups excluding carboxylic acids is 1. The Morgan fingerprint density at radius 3 is 2.25 bits per heavy atom. The highest BCUT2D eigenvalue weighted by atomic mass is 16.6. The molecule has 0 saturated carbocycles. The van der Waals surface area contributed by atoms with Gasteiger partial charge in [-0.1, -0.05) is 6.92 Å². The van der Waals surface area contributed by atoms with Crippen LogP contribution in [-0.2, 0) is 9.53 Å². The molecular formula is C12H25NO3. The van der Waals surface area contributed by atoms with Crippen molar-refractivity contribution in [1.82, 2.24) is 5.32 Å². The van der Waals surface area contributed by atoms with Gasteiger partial charge in [0.25, 0.3) is 0 Å². The van der Waals surface area contributed by atoms with Crippen LogP contribution in [-0.4, -0.2) is 35.4 Å². The van der Waals surface area contributed by atoms with Crippen molar-refractivity contribution >= 4 is 5.97 Å². The van der Waals surface area contributed by atoms with Gasteiger partial charge in [-0.2, -0.15) is 0 Å². The molecule has 4 heteroatoms. The summed E-state index contributed by atoms with van der Waals surface area (Å²) in [7, 11) is 0. The molecule has 0 radical (unpaired) electrons. The monoisotopic (exact) mass is 231 g/mol. The van der Waals surface area contributed by atoms with E-state index < -0.39 is 5.60 Å². The van der Waals surface area contributed by atoms with Crippen LogP contribution in [0, 0.1) is 0 Å². The van der Waals surface area contributed by atoms with Crippen molar-refractivity contribution in [2.24, 2.45) is 0 Å². The summed E-state index contributed by atoms with van der Waals surface area (Å²) in [5.74, 6) is -0.259. The Morgan fingerprint density at radius 1 is 1.31 bits per heavy atom. The first-order valence-electron chi connectivity index (χ1n) is 5.80. The van der Waals surface area contributed by atoms with Gasteiger partial charge in [-0.25, -0.2) is 0 Å². The van der Waals surface area contributed by atoms with Gasteiger partial charge in [-0.3, -0.25) is 4.79 Å². The second-order valence-electron chi connectivity index (χ2n) is 5.33. The molecular weight excluding hydrogens is 206 g/mol. The average molecular weight is 231 g/mol. The van der Waals surface area contributed by atoms with E-state index in [1.807, 2.05) is 34.6 Å². The van der Waals surface area contributed by atoms with Gasteiger partial charge in [0.1, 0.15) is 5.60 Å². The molecule has 1 atom stereocenters.